The molecule has 3 heterocycles. The van der Waals surface area contributed by atoms with Crippen LogP contribution < -0.4 is 15.4 Å². The molecule has 1 fully saturated rings. The third kappa shape index (κ3) is 6.52. The quantitative estimate of drug-likeness (QED) is 0.368. The SMILES string of the molecule is Cc1cc(Cl)cc(C(=O)NC(C)C)c1NC(=O)c1cc(OC2CCCOO2)nn1-c1ncc(Cl)cc1Cl. The summed E-state index contributed by atoms with van der Waals surface area (Å²) in [6.07, 6.45) is 1.99. The van der Waals surface area contributed by atoms with E-state index in [1.165, 1.54) is 29.1 Å². The molecule has 0 spiro atoms. The van der Waals surface area contributed by atoms with E-state index in [-0.39, 0.29) is 39.9 Å². The van der Waals surface area contributed by atoms with Crippen molar-refractivity contribution >= 4 is 52.3 Å². The summed E-state index contributed by atoms with van der Waals surface area (Å²) in [5.41, 5.74) is 1.13. The lowest BCUT2D eigenvalue weighted by molar-refractivity contribution is -0.382. The lowest BCUT2D eigenvalue weighted by Crippen LogP contribution is -2.31. The summed E-state index contributed by atoms with van der Waals surface area (Å²) in [6, 6.07) is 5.91. The molecule has 13 heteroatoms. The number of carbonyl (C=O) groups is 2. The number of carbonyl (C=O) groups excluding carboxylic acids is 2. The minimum absolute atomic E-state index is 0.0352. The number of hydrogen-bond acceptors (Lipinski definition) is 7. The average Bonchev–Trinajstić information content (AvgIpc) is 3.24. The van der Waals surface area contributed by atoms with Gasteiger partial charge in [-0.2, -0.15) is 4.89 Å². The number of hydrogen-bond donors (Lipinski definition) is 2. The van der Waals surface area contributed by atoms with Crippen LogP contribution in [0.1, 0.15) is 53.1 Å². The van der Waals surface area contributed by atoms with Crippen molar-refractivity contribution in [3.8, 4) is 11.7 Å². The van der Waals surface area contributed by atoms with Crippen LogP contribution in [0.3, 0.4) is 0 Å². The molecule has 196 valence electrons. The molecule has 1 aromatic carbocycles. The van der Waals surface area contributed by atoms with Crippen LogP contribution in [-0.4, -0.2) is 45.5 Å². The average molecular weight is 569 g/mol. The molecule has 2 amide bonds. The van der Waals surface area contributed by atoms with Gasteiger partial charge in [0.1, 0.15) is 5.69 Å². The van der Waals surface area contributed by atoms with Gasteiger partial charge in [0, 0.05) is 29.7 Å². The van der Waals surface area contributed by atoms with Crippen LogP contribution in [0.25, 0.3) is 5.82 Å². The number of benzene rings is 1. The van der Waals surface area contributed by atoms with Gasteiger partial charge in [-0.15, -0.1) is 5.10 Å². The van der Waals surface area contributed by atoms with E-state index in [4.69, 9.17) is 49.3 Å². The number of halogens is 3. The highest BCUT2D eigenvalue weighted by atomic mass is 35.5. The van der Waals surface area contributed by atoms with Crippen molar-refractivity contribution in [1.82, 2.24) is 20.1 Å². The molecule has 1 saturated heterocycles. The highest BCUT2D eigenvalue weighted by Crippen LogP contribution is 2.29. The van der Waals surface area contributed by atoms with Crippen LogP contribution in [0.2, 0.25) is 15.1 Å². The van der Waals surface area contributed by atoms with Crippen molar-refractivity contribution in [2.75, 3.05) is 11.9 Å². The second-order valence-electron chi connectivity index (χ2n) is 8.57. The summed E-state index contributed by atoms with van der Waals surface area (Å²) in [4.78, 5) is 40.8. The molecule has 3 aromatic rings. The summed E-state index contributed by atoms with van der Waals surface area (Å²) in [7, 11) is 0. The van der Waals surface area contributed by atoms with Crippen LogP contribution in [0.5, 0.6) is 5.88 Å². The van der Waals surface area contributed by atoms with Gasteiger partial charge in [-0.05, 0) is 51.0 Å². The van der Waals surface area contributed by atoms with E-state index in [1.54, 1.807) is 13.0 Å². The molecule has 2 aromatic heterocycles. The largest absolute Gasteiger partial charge is 0.444 e. The van der Waals surface area contributed by atoms with Gasteiger partial charge in [0.05, 0.1) is 27.9 Å². The number of nitrogens with zero attached hydrogens (tertiary/aromatic N) is 3. The monoisotopic (exact) mass is 567 g/mol. The third-order valence-corrected chi connectivity index (χ3v) is 5.91. The molecule has 37 heavy (non-hydrogen) atoms. The van der Waals surface area contributed by atoms with Gasteiger partial charge >= 0.3 is 0 Å². The zero-order chi connectivity index (χ0) is 26.7. The normalized spacial score (nSPS) is 15.5. The molecule has 0 radical (unpaired) electrons. The predicted molar refractivity (Wildman–Crippen MR) is 139 cm³/mol. The van der Waals surface area contributed by atoms with E-state index < -0.39 is 12.2 Å². The van der Waals surface area contributed by atoms with Crippen LogP contribution in [-0.2, 0) is 9.78 Å². The standard InChI is InChI=1S/C24H24Cl3N5O5/c1-12(2)29-23(33)16-8-14(25)7-13(3)21(16)30-24(34)18-10-19(36-20-5-4-6-35-37-20)31-32(18)22-17(27)9-15(26)11-28-22/h7-12,20H,4-6H2,1-3H3,(H,29,33)(H,30,34). The van der Waals surface area contributed by atoms with E-state index >= 15 is 0 Å². The molecule has 1 unspecified atom stereocenters. The maximum absolute atomic E-state index is 13.6. The number of nitrogens with one attached hydrogen (secondary N) is 2. The van der Waals surface area contributed by atoms with Crippen LogP contribution >= 0.6 is 34.8 Å². The Morgan fingerprint density at radius 3 is 2.59 bits per heavy atom. The molecule has 1 aliphatic heterocycles. The molecule has 2 N–H and O–H groups in total. The van der Waals surface area contributed by atoms with Crippen molar-refractivity contribution in [1.29, 1.82) is 0 Å². The Morgan fingerprint density at radius 2 is 1.92 bits per heavy atom. The van der Waals surface area contributed by atoms with Crippen molar-refractivity contribution < 1.29 is 24.1 Å². The van der Waals surface area contributed by atoms with E-state index in [1.807, 2.05) is 13.8 Å². The number of aryl methyl sites for hydroxylation is 1. The van der Waals surface area contributed by atoms with E-state index in [0.29, 0.717) is 34.3 Å². The molecule has 4 rings (SSSR count). The van der Waals surface area contributed by atoms with Gasteiger partial charge in [-0.1, -0.05) is 34.8 Å². The molecule has 1 aliphatic rings. The fraction of sp³-hybridized carbons (Fsp3) is 0.333. The van der Waals surface area contributed by atoms with Crippen LogP contribution in [0, 0.1) is 6.92 Å². The number of ether oxygens (including phenoxy) is 1. The molecule has 0 saturated carbocycles. The fourth-order valence-corrected chi connectivity index (χ4v) is 4.34. The van der Waals surface area contributed by atoms with Crippen LogP contribution in [0.15, 0.2) is 30.5 Å². The lowest BCUT2D eigenvalue weighted by Gasteiger charge is -2.20. The molecule has 10 nitrogen and oxygen atoms in total. The van der Waals surface area contributed by atoms with Gasteiger partial charge in [0.25, 0.3) is 11.8 Å². The summed E-state index contributed by atoms with van der Waals surface area (Å²) in [5, 5.41) is 10.8. The second-order valence-corrected chi connectivity index (χ2v) is 9.85. The van der Waals surface area contributed by atoms with Gasteiger partial charge in [-0.3, -0.25) is 9.59 Å². The highest BCUT2D eigenvalue weighted by molar-refractivity contribution is 6.35. The van der Waals surface area contributed by atoms with Gasteiger partial charge in [0.15, 0.2) is 5.82 Å². The van der Waals surface area contributed by atoms with Crippen molar-refractivity contribution in [2.45, 2.75) is 45.9 Å². The zero-order valence-electron chi connectivity index (χ0n) is 20.2. The molecular weight excluding hydrogens is 545 g/mol. The minimum Gasteiger partial charge on any atom is -0.444 e. The summed E-state index contributed by atoms with van der Waals surface area (Å²) in [5.74, 6) is -0.748. The first-order valence-corrected chi connectivity index (χ1v) is 12.5. The fourth-order valence-electron chi connectivity index (χ4n) is 3.60. The summed E-state index contributed by atoms with van der Waals surface area (Å²) < 4.78 is 7.00. The minimum atomic E-state index is -0.702. The van der Waals surface area contributed by atoms with Crippen molar-refractivity contribution in [3.63, 3.8) is 0 Å². The van der Waals surface area contributed by atoms with Crippen molar-refractivity contribution in [3.05, 3.63) is 62.4 Å². The Bertz CT molecular complexity index is 1320. The van der Waals surface area contributed by atoms with Gasteiger partial charge < -0.3 is 15.4 Å². The first-order valence-electron chi connectivity index (χ1n) is 11.4. The number of amides is 2. The Labute approximate surface area is 228 Å². The Hall–Kier alpha value is -2.89. The van der Waals surface area contributed by atoms with Crippen LogP contribution in [0.4, 0.5) is 5.69 Å². The van der Waals surface area contributed by atoms with Gasteiger partial charge in [0.2, 0.25) is 12.2 Å². The lowest BCUT2D eigenvalue weighted by atomic mass is 10.1. The van der Waals surface area contributed by atoms with E-state index in [9.17, 15) is 9.59 Å². The predicted octanol–water partition coefficient (Wildman–Crippen LogP) is 5.37. The van der Waals surface area contributed by atoms with E-state index in [0.717, 1.165) is 6.42 Å². The topological polar surface area (TPSA) is 117 Å². The van der Waals surface area contributed by atoms with Gasteiger partial charge in [-0.25, -0.2) is 14.6 Å². The number of pyridine rings is 1. The maximum atomic E-state index is 13.6. The summed E-state index contributed by atoms with van der Waals surface area (Å²) in [6.45, 7) is 5.85. The molecule has 0 aliphatic carbocycles. The number of aromatic nitrogens is 3. The number of anilines is 1. The first-order chi connectivity index (χ1) is 17.6. The number of rotatable bonds is 7. The van der Waals surface area contributed by atoms with Crippen molar-refractivity contribution in [2.24, 2.45) is 0 Å². The smallest absolute Gasteiger partial charge is 0.274 e. The Kier molecular flexibility index (Phi) is 8.56. The Balaban J connectivity index is 1.73. The molecule has 1 atom stereocenters. The molecular formula is C24H24Cl3N5O5. The summed E-state index contributed by atoms with van der Waals surface area (Å²) >= 11 is 18.6. The Morgan fingerprint density at radius 1 is 1.14 bits per heavy atom. The highest BCUT2D eigenvalue weighted by Gasteiger charge is 2.26. The van der Waals surface area contributed by atoms with E-state index in [2.05, 4.69) is 20.7 Å². The third-order valence-electron chi connectivity index (χ3n) is 5.21. The molecule has 0 bridgehead atoms. The zero-order valence-corrected chi connectivity index (χ0v) is 22.4. The first kappa shape index (κ1) is 27.2. The maximum Gasteiger partial charge on any atom is 0.274 e. The second kappa shape index (κ2) is 11.7.